The zero-order chi connectivity index (χ0) is 37.1. The third-order valence-electron chi connectivity index (χ3n) is 8.54. The zero-order valence-corrected chi connectivity index (χ0v) is 29.8. The molecule has 1 unspecified atom stereocenters. The van der Waals surface area contributed by atoms with Gasteiger partial charge < -0.3 is 32.8 Å². The summed E-state index contributed by atoms with van der Waals surface area (Å²) in [7, 11) is 3.02. The molecule has 1 atom stereocenters. The van der Waals surface area contributed by atoms with Gasteiger partial charge in [0.1, 0.15) is 22.5 Å². The number of alkyl halides is 3. The van der Waals surface area contributed by atoms with Crippen LogP contribution in [0, 0.1) is 0 Å². The second kappa shape index (κ2) is 15.3. The SMILES string of the molecule is CCCC(Oc1c(-c2cc(OC)c(OC)c(OC)c2)oc2cc(OC)cc(OC)c2c1=O)N1CCN(S(=O)(=O)c2cccc(C(F)(F)F)c2)CC1. The first kappa shape index (κ1) is 37.6. The van der Waals surface area contributed by atoms with E-state index in [1.54, 1.807) is 24.3 Å². The van der Waals surface area contributed by atoms with E-state index in [9.17, 15) is 26.4 Å². The van der Waals surface area contributed by atoms with Gasteiger partial charge in [-0.1, -0.05) is 19.4 Å². The molecule has 0 amide bonds. The van der Waals surface area contributed by atoms with Gasteiger partial charge in [-0.05, 0) is 36.8 Å². The van der Waals surface area contributed by atoms with Crippen molar-refractivity contribution in [1.29, 1.82) is 0 Å². The van der Waals surface area contributed by atoms with Crippen molar-refractivity contribution in [3.63, 3.8) is 0 Å². The molecule has 16 heteroatoms. The molecule has 0 N–H and O–H groups in total. The van der Waals surface area contributed by atoms with Crippen molar-refractivity contribution < 1.29 is 54.4 Å². The average Bonchev–Trinajstić information content (AvgIpc) is 3.13. The molecule has 12 nitrogen and oxygen atoms in total. The quantitative estimate of drug-likeness (QED) is 0.160. The van der Waals surface area contributed by atoms with Gasteiger partial charge in [0.05, 0.1) is 46.0 Å². The summed E-state index contributed by atoms with van der Waals surface area (Å²) in [6.45, 7) is 2.22. The predicted octanol–water partition coefficient (Wildman–Crippen LogP) is 6.03. The van der Waals surface area contributed by atoms with E-state index in [0.29, 0.717) is 47.5 Å². The lowest BCUT2D eigenvalue weighted by Gasteiger charge is -2.38. The van der Waals surface area contributed by atoms with Gasteiger partial charge in [0, 0.05) is 43.9 Å². The Morgan fingerprint density at radius 2 is 1.47 bits per heavy atom. The van der Waals surface area contributed by atoms with E-state index in [4.69, 9.17) is 32.8 Å². The van der Waals surface area contributed by atoms with Crippen molar-refractivity contribution in [3.05, 3.63) is 64.3 Å². The summed E-state index contributed by atoms with van der Waals surface area (Å²) < 4.78 is 108. The third-order valence-corrected chi connectivity index (χ3v) is 10.4. The van der Waals surface area contributed by atoms with Gasteiger partial charge in [-0.15, -0.1) is 0 Å². The highest BCUT2D eigenvalue weighted by molar-refractivity contribution is 7.89. The van der Waals surface area contributed by atoms with Gasteiger partial charge in [0.15, 0.2) is 23.5 Å². The van der Waals surface area contributed by atoms with Crippen LogP contribution in [0.1, 0.15) is 25.3 Å². The third kappa shape index (κ3) is 7.53. The molecule has 0 saturated carbocycles. The van der Waals surface area contributed by atoms with Crippen LogP contribution in [-0.4, -0.2) is 85.6 Å². The average molecular weight is 737 g/mol. The highest BCUT2D eigenvalue weighted by Gasteiger charge is 2.36. The van der Waals surface area contributed by atoms with Crippen LogP contribution >= 0.6 is 0 Å². The highest BCUT2D eigenvalue weighted by atomic mass is 32.2. The molecule has 3 aromatic carbocycles. The Hall–Kier alpha value is -4.67. The van der Waals surface area contributed by atoms with Gasteiger partial charge >= 0.3 is 6.18 Å². The number of rotatable bonds is 13. The van der Waals surface area contributed by atoms with Crippen molar-refractivity contribution in [2.24, 2.45) is 0 Å². The largest absolute Gasteiger partial charge is 0.496 e. The number of hydrogen-bond acceptors (Lipinski definition) is 11. The number of halogens is 3. The molecule has 0 bridgehead atoms. The van der Waals surface area contributed by atoms with Crippen molar-refractivity contribution in [2.75, 3.05) is 61.7 Å². The molecule has 0 aliphatic carbocycles. The molecule has 5 rings (SSSR count). The number of fused-ring (bicyclic) bond motifs is 1. The van der Waals surface area contributed by atoms with Crippen molar-refractivity contribution >= 4 is 21.0 Å². The Bertz CT molecular complexity index is 2020. The molecule has 1 aliphatic rings. The monoisotopic (exact) mass is 736 g/mol. The maximum absolute atomic E-state index is 14.4. The normalized spacial score (nSPS) is 15.0. The summed E-state index contributed by atoms with van der Waals surface area (Å²) in [4.78, 5) is 15.9. The van der Waals surface area contributed by atoms with E-state index < -0.39 is 38.3 Å². The fourth-order valence-electron chi connectivity index (χ4n) is 5.94. The first-order chi connectivity index (χ1) is 24.3. The molecular formula is C35H39F3N2O10S. The van der Waals surface area contributed by atoms with Crippen LogP contribution in [0.15, 0.2) is 62.6 Å². The van der Waals surface area contributed by atoms with Crippen LogP contribution in [-0.2, 0) is 16.2 Å². The summed E-state index contributed by atoms with van der Waals surface area (Å²) in [5.41, 5.74) is -1.06. The number of sulfonamides is 1. The first-order valence-electron chi connectivity index (χ1n) is 15.9. The zero-order valence-electron chi connectivity index (χ0n) is 29.0. The summed E-state index contributed by atoms with van der Waals surface area (Å²) in [6.07, 6.45) is -4.35. The predicted molar refractivity (Wildman–Crippen MR) is 182 cm³/mol. The minimum atomic E-state index is -4.69. The highest BCUT2D eigenvalue weighted by Crippen LogP contribution is 2.44. The van der Waals surface area contributed by atoms with E-state index >= 15 is 0 Å². The molecular weight excluding hydrogens is 697 g/mol. The maximum atomic E-state index is 14.4. The summed E-state index contributed by atoms with van der Waals surface area (Å²) in [5, 5.41) is 0.108. The fourth-order valence-corrected chi connectivity index (χ4v) is 7.41. The van der Waals surface area contributed by atoms with Gasteiger partial charge in [0.25, 0.3) is 0 Å². The maximum Gasteiger partial charge on any atom is 0.416 e. The molecule has 1 fully saturated rings. The Morgan fingerprint density at radius 3 is 2.02 bits per heavy atom. The Labute approximate surface area is 293 Å². The number of benzene rings is 3. The summed E-state index contributed by atoms with van der Waals surface area (Å²) in [6, 6.07) is 10.0. The number of nitrogens with zero attached hydrogens (tertiary/aromatic N) is 2. The van der Waals surface area contributed by atoms with Crippen LogP contribution in [0.2, 0.25) is 0 Å². The lowest BCUT2D eigenvalue weighted by molar-refractivity contribution is -0.137. The minimum absolute atomic E-state index is 0.0260. The van der Waals surface area contributed by atoms with Gasteiger partial charge in [-0.3, -0.25) is 9.69 Å². The van der Waals surface area contributed by atoms with Gasteiger partial charge in [-0.2, -0.15) is 17.5 Å². The fraction of sp³-hybridized carbons (Fsp3) is 0.400. The molecule has 1 saturated heterocycles. The standard InChI is InChI=1S/C35H39F3N2O10S/c1-7-9-29(39-12-14-40(15-13-39)51(42,43)24-11-8-10-22(18-24)35(36,37)38)50-34-31(41)30-25(45-3)19-23(44-2)20-26(30)49-32(34)21-16-27(46-4)33(48-6)28(17-21)47-5/h8,10-11,16-20,29H,7,9,12-15H2,1-6H3. The Kier molecular flexibility index (Phi) is 11.3. The van der Waals surface area contributed by atoms with Crippen molar-refractivity contribution in [1.82, 2.24) is 9.21 Å². The lowest BCUT2D eigenvalue weighted by Crippen LogP contribution is -2.53. The number of ether oxygens (including phenoxy) is 6. The van der Waals surface area contributed by atoms with Crippen molar-refractivity contribution in [3.8, 4) is 45.8 Å². The second-order valence-corrected chi connectivity index (χ2v) is 13.5. The van der Waals surface area contributed by atoms with Gasteiger partial charge in [-0.25, -0.2) is 8.42 Å². The van der Waals surface area contributed by atoms with Crippen LogP contribution in [0.4, 0.5) is 13.2 Å². The number of methoxy groups -OCH3 is 5. The molecule has 51 heavy (non-hydrogen) atoms. The van der Waals surface area contributed by atoms with Crippen LogP contribution in [0.3, 0.4) is 0 Å². The topological polar surface area (TPSA) is 126 Å². The van der Waals surface area contributed by atoms with Crippen LogP contribution < -0.4 is 33.8 Å². The summed E-state index contributed by atoms with van der Waals surface area (Å²) >= 11 is 0. The lowest BCUT2D eigenvalue weighted by atomic mass is 10.1. The molecule has 0 radical (unpaired) electrons. The molecule has 2 heterocycles. The molecule has 1 aromatic heterocycles. The molecule has 1 aliphatic heterocycles. The van der Waals surface area contributed by atoms with E-state index in [1.165, 1.54) is 35.5 Å². The number of piperazine rings is 1. The Balaban J connectivity index is 1.55. The molecule has 4 aromatic rings. The molecule has 0 spiro atoms. The van der Waals surface area contributed by atoms with E-state index in [2.05, 4.69) is 0 Å². The van der Waals surface area contributed by atoms with Gasteiger partial charge in [0.2, 0.25) is 27.0 Å². The Morgan fingerprint density at radius 1 is 0.824 bits per heavy atom. The minimum Gasteiger partial charge on any atom is -0.496 e. The number of hydrogen-bond donors (Lipinski definition) is 0. The van der Waals surface area contributed by atoms with Crippen LogP contribution in [0.25, 0.3) is 22.3 Å². The smallest absolute Gasteiger partial charge is 0.416 e. The second-order valence-electron chi connectivity index (χ2n) is 11.5. The first-order valence-corrected chi connectivity index (χ1v) is 17.4. The molecule has 276 valence electrons. The van der Waals surface area contributed by atoms with Crippen molar-refractivity contribution in [2.45, 2.75) is 37.1 Å². The van der Waals surface area contributed by atoms with E-state index in [0.717, 1.165) is 22.5 Å². The van der Waals surface area contributed by atoms with E-state index in [1.807, 2.05) is 11.8 Å². The summed E-state index contributed by atoms with van der Waals surface area (Å²) in [5.74, 6) is 1.40. The van der Waals surface area contributed by atoms with Crippen LogP contribution in [0.5, 0.6) is 34.5 Å². The van der Waals surface area contributed by atoms with E-state index in [-0.39, 0.29) is 54.4 Å².